The van der Waals surface area contributed by atoms with Gasteiger partial charge in [0.1, 0.15) is 0 Å². The van der Waals surface area contributed by atoms with E-state index in [1.54, 1.807) is 26.8 Å². The first-order valence-corrected chi connectivity index (χ1v) is 8.03. The Morgan fingerprint density at radius 1 is 1.38 bits per heavy atom. The number of carbonyl (C=O) groups excluding carboxylic acids is 1. The lowest BCUT2D eigenvalue weighted by Crippen LogP contribution is -2.41. The lowest BCUT2D eigenvalue weighted by atomic mass is 10.1. The van der Waals surface area contributed by atoms with Gasteiger partial charge in [0.25, 0.3) is 0 Å². The van der Waals surface area contributed by atoms with Crippen molar-refractivity contribution < 1.29 is 23.1 Å². The lowest BCUT2D eigenvalue weighted by molar-refractivity contribution is 0.0600. The highest BCUT2D eigenvalue weighted by Gasteiger charge is 2.24. The van der Waals surface area contributed by atoms with E-state index >= 15 is 0 Å². The Balaban J connectivity index is 3.21. The van der Waals surface area contributed by atoms with Crippen LogP contribution in [-0.2, 0) is 14.8 Å². The molecule has 21 heavy (non-hydrogen) atoms. The molecule has 0 bridgehead atoms. The number of methoxy groups -OCH3 is 1. The summed E-state index contributed by atoms with van der Waals surface area (Å²) in [5.74, 6) is -0.664. The van der Waals surface area contributed by atoms with Crippen molar-refractivity contribution in [1.82, 2.24) is 4.72 Å². The number of rotatable bonds is 6. The smallest absolute Gasteiger partial charge is 0.337 e. The van der Waals surface area contributed by atoms with E-state index in [-0.39, 0.29) is 23.0 Å². The van der Waals surface area contributed by atoms with Gasteiger partial charge in [-0.25, -0.2) is 17.9 Å². The van der Waals surface area contributed by atoms with E-state index in [2.05, 4.69) is 9.46 Å². The normalized spacial score (nSPS) is 13.2. The molecule has 0 aliphatic rings. The maximum absolute atomic E-state index is 12.4. The Morgan fingerprint density at radius 3 is 2.48 bits per heavy atom. The Bertz CT molecular complexity index is 610. The number of aliphatic hydroxyl groups is 1. The second-order valence-corrected chi connectivity index (χ2v) is 6.81. The van der Waals surface area contributed by atoms with E-state index in [0.717, 1.165) is 0 Å². The molecule has 1 aromatic carbocycles. The number of hydrogen-bond donors (Lipinski definition) is 2. The monoisotopic (exact) mass is 315 g/mol. The summed E-state index contributed by atoms with van der Waals surface area (Å²) in [6.45, 7) is 4.95. The van der Waals surface area contributed by atoms with Gasteiger partial charge in [0, 0.05) is 6.04 Å². The first-order chi connectivity index (χ1) is 9.72. The molecule has 7 heteroatoms. The minimum Gasteiger partial charge on any atom is -0.465 e. The SMILES string of the molecule is COC(=O)c1ccc(C)c(S(=O)(=O)NC(CO)C(C)C)c1. The number of sulfonamides is 1. The van der Waals surface area contributed by atoms with Gasteiger partial charge < -0.3 is 9.84 Å². The summed E-state index contributed by atoms with van der Waals surface area (Å²) in [5, 5.41) is 9.26. The number of benzene rings is 1. The van der Waals surface area contributed by atoms with Gasteiger partial charge in [-0.3, -0.25) is 0 Å². The van der Waals surface area contributed by atoms with Crippen molar-refractivity contribution in [2.24, 2.45) is 5.92 Å². The Labute approximate surface area is 125 Å². The number of aryl methyl sites for hydroxylation is 1. The first-order valence-electron chi connectivity index (χ1n) is 6.55. The molecule has 0 amide bonds. The zero-order valence-electron chi connectivity index (χ0n) is 12.6. The molecule has 1 rings (SSSR count). The van der Waals surface area contributed by atoms with Gasteiger partial charge in [-0.05, 0) is 30.5 Å². The number of aliphatic hydroxyl groups excluding tert-OH is 1. The third-order valence-electron chi connectivity index (χ3n) is 3.21. The standard InChI is InChI=1S/C14H21NO5S/c1-9(2)12(8-16)15-21(18,19)13-7-11(14(17)20-4)6-5-10(13)3/h5-7,9,12,15-16H,8H2,1-4H3. The number of esters is 1. The molecule has 0 saturated carbocycles. The first kappa shape index (κ1) is 17.6. The fourth-order valence-corrected chi connectivity index (χ4v) is 3.43. The van der Waals surface area contributed by atoms with Crippen molar-refractivity contribution in [2.45, 2.75) is 31.7 Å². The molecule has 0 aromatic heterocycles. The molecule has 0 aliphatic heterocycles. The van der Waals surface area contributed by atoms with E-state index in [0.29, 0.717) is 5.56 Å². The van der Waals surface area contributed by atoms with Crippen molar-refractivity contribution in [3.8, 4) is 0 Å². The van der Waals surface area contributed by atoms with Crippen molar-refractivity contribution in [3.05, 3.63) is 29.3 Å². The molecule has 0 aliphatic carbocycles. The van der Waals surface area contributed by atoms with Gasteiger partial charge in [0.05, 0.1) is 24.2 Å². The Morgan fingerprint density at radius 2 is 2.00 bits per heavy atom. The van der Waals surface area contributed by atoms with Crippen LogP contribution in [0.5, 0.6) is 0 Å². The third kappa shape index (κ3) is 4.26. The number of ether oxygens (including phenoxy) is 1. The van der Waals surface area contributed by atoms with E-state index < -0.39 is 22.0 Å². The molecular formula is C14H21NO5S. The summed E-state index contributed by atoms with van der Waals surface area (Å²) >= 11 is 0. The molecule has 2 N–H and O–H groups in total. The molecule has 0 fully saturated rings. The van der Waals surface area contributed by atoms with Crippen molar-refractivity contribution in [3.63, 3.8) is 0 Å². The number of nitrogens with one attached hydrogen (secondary N) is 1. The second-order valence-electron chi connectivity index (χ2n) is 5.13. The van der Waals surface area contributed by atoms with Crippen molar-refractivity contribution in [2.75, 3.05) is 13.7 Å². The van der Waals surface area contributed by atoms with Crippen LogP contribution in [0.25, 0.3) is 0 Å². The Hall–Kier alpha value is -1.44. The molecule has 118 valence electrons. The van der Waals surface area contributed by atoms with Gasteiger partial charge in [0.2, 0.25) is 10.0 Å². The maximum Gasteiger partial charge on any atom is 0.337 e. The lowest BCUT2D eigenvalue weighted by Gasteiger charge is -2.20. The zero-order chi connectivity index (χ0) is 16.2. The maximum atomic E-state index is 12.4. The van der Waals surface area contributed by atoms with E-state index in [9.17, 15) is 18.3 Å². The summed E-state index contributed by atoms with van der Waals surface area (Å²) in [7, 11) is -2.60. The quantitative estimate of drug-likeness (QED) is 0.766. The largest absolute Gasteiger partial charge is 0.465 e. The number of hydrogen-bond acceptors (Lipinski definition) is 5. The molecule has 6 nitrogen and oxygen atoms in total. The van der Waals surface area contributed by atoms with Gasteiger partial charge in [-0.2, -0.15) is 0 Å². The minimum atomic E-state index is -3.83. The van der Waals surface area contributed by atoms with E-state index in [1.807, 2.05) is 0 Å². The van der Waals surface area contributed by atoms with Gasteiger partial charge >= 0.3 is 5.97 Å². The molecule has 0 spiro atoms. The number of carbonyl (C=O) groups is 1. The average molecular weight is 315 g/mol. The molecular weight excluding hydrogens is 294 g/mol. The Kier molecular flexibility index (Phi) is 5.88. The van der Waals surface area contributed by atoms with Crippen LogP contribution >= 0.6 is 0 Å². The van der Waals surface area contributed by atoms with Crippen LogP contribution in [0.3, 0.4) is 0 Å². The van der Waals surface area contributed by atoms with Crippen LogP contribution in [-0.4, -0.2) is 39.3 Å². The highest BCUT2D eigenvalue weighted by Crippen LogP contribution is 2.19. The zero-order valence-corrected chi connectivity index (χ0v) is 13.4. The molecule has 0 radical (unpaired) electrons. The molecule has 1 aromatic rings. The van der Waals surface area contributed by atoms with E-state index in [4.69, 9.17) is 0 Å². The van der Waals surface area contributed by atoms with Crippen LogP contribution in [0.15, 0.2) is 23.1 Å². The van der Waals surface area contributed by atoms with E-state index in [1.165, 1.54) is 19.2 Å². The van der Waals surface area contributed by atoms with Crippen molar-refractivity contribution in [1.29, 1.82) is 0 Å². The van der Waals surface area contributed by atoms with Crippen LogP contribution in [0.4, 0.5) is 0 Å². The van der Waals surface area contributed by atoms with Gasteiger partial charge in [0.15, 0.2) is 0 Å². The predicted molar refractivity (Wildman–Crippen MR) is 78.6 cm³/mol. The second kappa shape index (κ2) is 7.02. The summed E-state index contributed by atoms with van der Waals surface area (Å²) < 4.78 is 31.9. The summed E-state index contributed by atoms with van der Waals surface area (Å²) in [4.78, 5) is 11.5. The third-order valence-corrected chi connectivity index (χ3v) is 4.84. The molecule has 0 heterocycles. The fourth-order valence-electron chi connectivity index (χ4n) is 1.78. The summed E-state index contributed by atoms with van der Waals surface area (Å²) in [5.41, 5.74) is 0.671. The van der Waals surface area contributed by atoms with Crippen LogP contribution < -0.4 is 4.72 Å². The fraction of sp³-hybridized carbons (Fsp3) is 0.500. The predicted octanol–water partition coefficient (Wildman–Crippen LogP) is 1.08. The van der Waals surface area contributed by atoms with Gasteiger partial charge in [-0.15, -0.1) is 0 Å². The van der Waals surface area contributed by atoms with Crippen molar-refractivity contribution >= 4 is 16.0 Å². The molecule has 1 atom stereocenters. The highest BCUT2D eigenvalue weighted by molar-refractivity contribution is 7.89. The van der Waals surface area contributed by atoms with Crippen LogP contribution in [0, 0.1) is 12.8 Å². The van der Waals surface area contributed by atoms with Crippen LogP contribution in [0.2, 0.25) is 0 Å². The summed E-state index contributed by atoms with van der Waals surface area (Å²) in [6, 6.07) is 3.74. The molecule has 1 unspecified atom stereocenters. The molecule has 0 saturated heterocycles. The minimum absolute atomic E-state index is 0.00417. The summed E-state index contributed by atoms with van der Waals surface area (Å²) in [6.07, 6.45) is 0. The average Bonchev–Trinajstić information content (AvgIpc) is 2.43. The highest BCUT2D eigenvalue weighted by atomic mass is 32.2. The van der Waals surface area contributed by atoms with Gasteiger partial charge in [-0.1, -0.05) is 19.9 Å². The van der Waals surface area contributed by atoms with Crippen LogP contribution in [0.1, 0.15) is 29.8 Å². The topological polar surface area (TPSA) is 92.7 Å².